The molecule has 1 amide bonds. The van der Waals surface area contributed by atoms with Crippen LogP contribution in [0.25, 0.3) is 5.65 Å². The van der Waals surface area contributed by atoms with Crippen LogP contribution in [0.3, 0.4) is 0 Å². The van der Waals surface area contributed by atoms with Gasteiger partial charge in [-0.15, -0.1) is 0 Å². The Morgan fingerprint density at radius 3 is 2.75 bits per heavy atom. The van der Waals surface area contributed by atoms with Gasteiger partial charge in [0.25, 0.3) is 11.5 Å². The van der Waals surface area contributed by atoms with Crippen LogP contribution in [0.1, 0.15) is 16.8 Å². The number of aryl methyl sites for hydroxylation is 2. The zero-order valence-corrected chi connectivity index (χ0v) is 17.9. The molecule has 2 heterocycles. The molecule has 0 unspecified atom stereocenters. The number of hydrogen-bond donors (Lipinski definition) is 1. The monoisotopic (exact) mass is 429 g/mol. The van der Waals surface area contributed by atoms with Crippen LogP contribution in [0.4, 0.5) is 5.69 Å². The number of carbonyl (C=O) groups excluding carboxylic acids is 1. The van der Waals surface area contributed by atoms with Crippen molar-refractivity contribution < 1.29 is 14.3 Å². The average Bonchev–Trinajstić information content (AvgIpc) is 2.79. The van der Waals surface area contributed by atoms with Crippen LogP contribution >= 0.6 is 0 Å². The highest BCUT2D eigenvalue weighted by molar-refractivity contribution is 5.92. The van der Waals surface area contributed by atoms with Gasteiger partial charge in [-0.25, -0.2) is 4.98 Å². The maximum Gasteiger partial charge on any atom is 0.262 e. The van der Waals surface area contributed by atoms with Crippen molar-refractivity contribution in [3.8, 4) is 11.5 Å². The first-order chi connectivity index (χ1) is 15.5. The molecule has 0 aliphatic heterocycles. The molecule has 32 heavy (non-hydrogen) atoms. The quantitative estimate of drug-likeness (QED) is 0.482. The number of rotatable bonds is 7. The fourth-order valence-corrected chi connectivity index (χ4v) is 3.20. The molecule has 0 atom stereocenters. The Bertz CT molecular complexity index is 1330. The van der Waals surface area contributed by atoms with Crippen LogP contribution in [0.15, 0.2) is 77.7 Å². The molecule has 0 saturated heterocycles. The summed E-state index contributed by atoms with van der Waals surface area (Å²) in [5.74, 6) is 0.969. The number of amides is 1. The summed E-state index contributed by atoms with van der Waals surface area (Å²) in [5.41, 5.74) is 3.55. The van der Waals surface area contributed by atoms with E-state index in [4.69, 9.17) is 9.47 Å². The van der Waals surface area contributed by atoms with E-state index in [2.05, 4.69) is 10.3 Å². The third kappa shape index (κ3) is 5.13. The summed E-state index contributed by atoms with van der Waals surface area (Å²) in [6.45, 7) is 3.95. The number of fused-ring (bicyclic) bond motifs is 1. The summed E-state index contributed by atoms with van der Waals surface area (Å²) in [5, 5.41) is 2.81. The maximum atomic E-state index is 12.3. The zero-order valence-electron chi connectivity index (χ0n) is 17.9. The molecular weight excluding hydrogens is 406 g/mol. The second-order valence-corrected chi connectivity index (χ2v) is 7.44. The molecule has 7 nitrogen and oxygen atoms in total. The van der Waals surface area contributed by atoms with Crippen molar-refractivity contribution in [3.63, 3.8) is 0 Å². The molecule has 2 aromatic carbocycles. The normalized spacial score (nSPS) is 10.7. The second-order valence-electron chi connectivity index (χ2n) is 7.44. The van der Waals surface area contributed by atoms with Crippen molar-refractivity contribution in [1.29, 1.82) is 0 Å². The summed E-state index contributed by atoms with van der Waals surface area (Å²) in [4.78, 5) is 28.9. The topological polar surface area (TPSA) is 81.9 Å². The van der Waals surface area contributed by atoms with Gasteiger partial charge >= 0.3 is 0 Å². The molecule has 7 heteroatoms. The fraction of sp³-hybridized carbons (Fsp3) is 0.160. The minimum Gasteiger partial charge on any atom is -0.487 e. The van der Waals surface area contributed by atoms with Crippen LogP contribution < -0.4 is 20.3 Å². The number of nitrogens with one attached hydrogen (secondary N) is 1. The molecule has 0 bridgehead atoms. The van der Waals surface area contributed by atoms with Crippen molar-refractivity contribution in [3.05, 3.63) is 100 Å². The van der Waals surface area contributed by atoms with Crippen LogP contribution in [-0.4, -0.2) is 21.9 Å². The number of ether oxygens (including phenoxy) is 2. The molecule has 0 saturated carbocycles. The van der Waals surface area contributed by atoms with Gasteiger partial charge in [0.2, 0.25) is 0 Å². The van der Waals surface area contributed by atoms with E-state index >= 15 is 0 Å². The first kappa shape index (κ1) is 21.1. The van der Waals surface area contributed by atoms with Crippen molar-refractivity contribution in [2.24, 2.45) is 0 Å². The highest BCUT2D eigenvalue weighted by Crippen LogP contribution is 2.20. The molecule has 0 spiro atoms. The molecule has 4 aromatic rings. The smallest absolute Gasteiger partial charge is 0.262 e. The predicted octanol–water partition coefficient (Wildman–Crippen LogP) is 3.91. The lowest BCUT2D eigenvalue weighted by atomic mass is 10.1. The number of pyridine rings is 1. The van der Waals surface area contributed by atoms with Crippen LogP contribution in [-0.2, 0) is 11.4 Å². The first-order valence-electron chi connectivity index (χ1n) is 10.2. The van der Waals surface area contributed by atoms with Crippen molar-refractivity contribution in [2.75, 3.05) is 11.9 Å². The molecule has 4 rings (SSSR count). The molecule has 0 aliphatic carbocycles. The SMILES string of the molecule is Cc1ccc(C)c(OCC(=O)Nc2cccc(OCc3cc(=O)n4ccccc4n3)c2)c1. The Balaban J connectivity index is 1.36. The molecule has 162 valence electrons. The van der Waals surface area contributed by atoms with Gasteiger partial charge in [0, 0.05) is 24.0 Å². The number of nitrogens with zero attached hydrogens (tertiary/aromatic N) is 2. The number of anilines is 1. The lowest BCUT2D eigenvalue weighted by Crippen LogP contribution is -2.20. The summed E-state index contributed by atoms with van der Waals surface area (Å²) >= 11 is 0. The van der Waals surface area contributed by atoms with E-state index in [1.165, 1.54) is 10.5 Å². The minimum absolute atomic E-state index is 0.0969. The Kier molecular flexibility index (Phi) is 6.17. The number of hydrogen-bond acceptors (Lipinski definition) is 5. The molecule has 0 aliphatic rings. The molecule has 2 aromatic heterocycles. The average molecular weight is 429 g/mol. The summed E-state index contributed by atoms with van der Waals surface area (Å²) in [6.07, 6.45) is 1.67. The maximum absolute atomic E-state index is 12.3. The van der Waals surface area contributed by atoms with E-state index in [9.17, 15) is 9.59 Å². The van der Waals surface area contributed by atoms with Gasteiger partial charge in [0.15, 0.2) is 6.61 Å². The van der Waals surface area contributed by atoms with Crippen molar-refractivity contribution in [2.45, 2.75) is 20.5 Å². The molecule has 0 fully saturated rings. The Hall–Kier alpha value is -4.13. The van der Waals surface area contributed by atoms with Gasteiger partial charge in [0.05, 0.1) is 5.69 Å². The number of carbonyl (C=O) groups is 1. The third-order valence-electron chi connectivity index (χ3n) is 4.83. The standard InChI is InChI=1S/C25H23N3O4/c1-17-9-10-18(2)22(12-17)32-16-24(29)27-19-6-5-7-21(13-19)31-15-20-14-25(30)28-11-4-3-8-23(28)26-20/h3-14H,15-16H2,1-2H3,(H,27,29). The highest BCUT2D eigenvalue weighted by atomic mass is 16.5. The minimum atomic E-state index is -0.271. The van der Waals surface area contributed by atoms with Gasteiger partial charge in [0.1, 0.15) is 23.8 Å². The summed E-state index contributed by atoms with van der Waals surface area (Å²) < 4.78 is 12.9. The number of aromatic nitrogens is 2. The lowest BCUT2D eigenvalue weighted by Gasteiger charge is -2.11. The first-order valence-corrected chi connectivity index (χ1v) is 10.2. The van der Waals surface area contributed by atoms with Gasteiger partial charge < -0.3 is 14.8 Å². The predicted molar refractivity (Wildman–Crippen MR) is 122 cm³/mol. The Morgan fingerprint density at radius 2 is 1.88 bits per heavy atom. The fourth-order valence-electron chi connectivity index (χ4n) is 3.20. The van der Waals surface area contributed by atoms with E-state index in [-0.39, 0.29) is 24.7 Å². The van der Waals surface area contributed by atoms with E-state index in [0.29, 0.717) is 28.5 Å². The molecular formula is C25H23N3O4. The van der Waals surface area contributed by atoms with Crippen molar-refractivity contribution >= 4 is 17.2 Å². The van der Waals surface area contributed by atoms with E-state index in [1.807, 2.05) is 38.1 Å². The highest BCUT2D eigenvalue weighted by Gasteiger charge is 2.08. The Morgan fingerprint density at radius 1 is 1.00 bits per heavy atom. The van der Waals surface area contributed by atoms with Crippen molar-refractivity contribution in [1.82, 2.24) is 9.38 Å². The lowest BCUT2D eigenvalue weighted by molar-refractivity contribution is -0.118. The second kappa shape index (κ2) is 9.34. The van der Waals surface area contributed by atoms with Gasteiger partial charge in [-0.3, -0.25) is 14.0 Å². The van der Waals surface area contributed by atoms with E-state index in [1.54, 1.807) is 42.6 Å². The van der Waals surface area contributed by atoms with Crippen LogP contribution in [0.5, 0.6) is 11.5 Å². The largest absolute Gasteiger partial charge is 0.487 e. The van der Waals surface area contributed by atoms with E-state index in [0.717, 1.165) is 11.1 Å². The van der Waals surface area contributed by atoms with Crippen LogP contribution in [0.2, 0.25) is 0 Å². The zero-order chi connectivity index (χ0) is 22.5. The van der Waals surface area contributed by atoms with Gasteiger partial charge in [-0.05, 0) is 55.3 Å². The summed E-state index contributed by atoms with van der Waals surface area (Å²) in [7, 11) is 0. The van der Waals surface area contributed by atoms with Crippen LogP contribution in [0, 0.1) is 13.8 Å². The van der Waals surface area contributed by atoms with E-state index < -0.39 is 0 Å². The summed E-state index contributed by atoms with van der Waals surface area (Å²) in [6, 6.07) is 19.7. The Labute approximate surface area is 185 Å². The van der Waals surface area contributed by atoms with Gasteiger partial charge in [-0.1, -0.05) is 24.3 Å². The molecule has 0 radical (unpaired) electrons. The molecule has 1 N–H and O–H groups in total. The third-order valence-corrected chi connectivity index (χ3v) is 4.83. The number of benzene rings is 2. The van der Waals surface area contributed by atoms with Gasteiger partial charge in [-0.2, -0.15) is 0 Å².